The maximum atomic E-state index is 11.4. The van der Waals surface area contributed by atoms with E-state index < -0.39 is 0 Å². The molecule has 0 saturated carbocycles. The summed E-state index contributed by atoms with van der Waals surface area (Å²) in [4.78, 5) is 17.3. The zero-order valence-corrected chi connectivity index (χ0v) is 10.2. The molecule has 4 nitrogen and oxygen atoms in total. The van der Waals surface area contributed by atoms with Crippen LogP contribution in [-0.4, -0.2) is 30.6 Å². The van der Waals surface area contributed by atoms with Crippen LogP contribution in [0.3, 0.4) is 0 Å². The molecule has 5 heteroatoms. The van der Waals surface area contributed by atoms with E-state index in [1.165, 1.54) is 0 Å². The molecule has 0 radical (unpaired) electrons. The van der Waals surface area contributed by atoms with Gasteiger partial charge in [0.05, 0.1) is 11.6 Å². The lowest BCUT2D eigenvalue weighted by atomic mass is 10.4. The van der Waals surface area contributed by atoms with Crippen LogP contribution in [0, 0.1) is 0 Å². The lowest BCUT2D eigenvalue weighted by molar-refractivity contribution is -0.141. The van der Waals surface area contributed by atoms with E-state index in [-0.39, 0.29) is 12.5 Å². The minimum atomic E-state index is -0.272. The molecule has 0 atom stereocenters. The summed E-state index contributed by atoms with van der Waals surface area (Å²) in [5.74, 6) is 0.339. The number of hydrogen-bond donors (Lipinski definition) is 0. The molecule has 1 aromatic rings. The maximum absolute atomic E-state index is 11.4. The molecule has 0 unspecified atom stereocenters. The molecule has 1 aromatic heterocycles. The minimum absolute atomic E-state index is 0.168. The van der Waals surface area contributed by atoms with E-state index in [9.17, 15) is 4.79 Å². The standard InChI is InChI=1S/C11H15ClN2O2/c1-3-14(8-10(15)16-4-2)11-9(12)6-5-7-13-11/h5-7H,3-4,8H2,1-2H3. The van der Waals surface area contributed by atoms with E-state index in [0.717, 1.165) is 0 Å². The Morgan fingerprint density at radius 1 is 1.56 bits per heavy atom. The molecule has 0 aromatic carbocycles. The third kappa shape index (κ3) is 3.38. The predicted octanol–water partition coefficient (Wildman–Crippen LogP) is 2.12. The average Bonchev–Trinajstić information content (AvgIpc) is 2.27. The molecule has 0 bridgehead atoms. The van der Waals surface area contributed by atoms with Crippen LogP contribution in [-0.2, 0) is 9.53 Å². The van der Waals surface area contributed by atoms with Crippen molar-refractivity contribution in [1.82, 2.24) is 4.98 Å². The Hall–Kier alpha value is -1.29. The topological polar surface area (TPSA) is 42.4 Å². The number of esters is 1. The fourth-order valence-electron chi connectivity index (χ4n) is 1.31. The van der Waals surface area contributed by atoms with Crippen molar-refractivity contribution in [2.45, 2.75) is 13.8 Å². The molecule has 0 fully saturated rings. The number of carbonyl (C=O) groups excluding carboxylic acids is 1. The van der Waals surface area contributed by atoms with E-state index in [0.29, 0.717) is 24.0 Å². The Morgan fingerprint density at radius 3 is 2.88 bits per heavy atom. The van der Waals surface area contributed by atoms with Crippen molar-refractivity contribution in [1.29, 1.82) is 0 Å². The highest BCUT2D eigenvalue weighted by Crippen LogP contribution is 2.21. The first-order chi connectivity index (χ1) is 7.69. The monoisotopic (exact) mass is 242 g/mol. The zero-order valence-electron chi connectivity index (χ0n) is 9.44. The fraction of sp³-hybridized carbons (Fsp3) is 0.455. The quantitative estimate of drug-likeness (QED) is 0.742. The number of likely N-dealkylation sites (N-methyl/N-ethyl adjacent to an activating group) is 1. The number of hydrogen-bond acceptors (Lipinski definition) is 4. The Kier molecular flexibility index (Phi) is 5.05. The summed E-state index contributed by atoms with van der Waals surface area (Å²) in [6.07, 6.45) is 1.65. The van der Waals surface area contributed by atoms with Gasteiger partial charge in [-0.2, -0.15) is 0 Å². The molecule has 16 heavy (non-hydrogen) atoms. The minimum Gasteiger partial charge on any atom is -0.465 e. The third-order valence-corrected chi connectivity index (χ3v) is 2.34. The van der Waals surface area contributed by atoms with Crippen molar-refractivity contribution < 1.29 is 9.53 Å². The molecular weight excluding hydrogens is 228 g/mol. The number of carbonyl (C=O) groups is 1. The highest BCUT2D eigenvalue weighted by Gasteiger charge is 2.14. The number of rotatable bonds is 5. The highest BCUT2D eigenvalue weighted by atomic mass is 35.5. The van der Waals surface area contributed by atoms with Crippen LogP contribution >= 0.6 is 11.6 Å². The molecule has 0 N–H and O–H groups in total. The summed E-state index contributed by atoms with van der Waals surface area (Å²) in [7, 11) is 0. The van der Waals surface area contributed by atoms with Gasteiger partial charge in [-0.3, -0.25) is 4.79 Å². The summed E-state index contributed by atoms with van der Waals surface area (Å²) < 4.78 is 4.88. The van der Waals surface area contributed by atoms with Crippen LogP contribution in [0.1, 0.15) is 13.8 Å². The number of halogens is 1. The third-order valence-electron chi connectivity index (χ3n) is 2.05. The van der Waals surface area contributed by atoms with Crippen LogP contribution in [0.2, 0.25) is 5.02 Å². The number of anilines is 1. The fourth-order valence-corrected chi connectivity index (χ4v) is 1.55. The van der Waals surface area contributed by atoms with Crippen LogP contribution in [0.5, 0.6) is 0 Å². The maximum Gasteiger partial charge on any atom is 0.325 e. The largest absolute Gasteiger partial charge is 0.465 e. The van der Waals surface area contributed by atoms with Gasteiger partial charge in [0.1, 0.15) is 12.4 Å². The molecule has 0 amide bonds. The number of nitrogens with zero attached hydrogens (tertiary/aromatic N) is 2. The van der Waals surface area contributed by atoms with Gasteiger partial charge in [-0.25, -0.2) is 4.98 Å². The molecule has 0 aliphatic carbocycles. The van der Waals surface area contributed by atoms with Crippen LogP contribution < -0.4 is 4.90 Å². The molecule has 0 aliphatic heterocycles. The molecule has 88 valence electrons. The van der Waals surface area contributed by atoms with Crippen molar-refractivity contribution in [2.24, 2.45) is 0 Å². The number of aromatic nitrogens is 1. The van der Waals surface area contributed by atoms with Crippen molar-refractivity contribution in [2.75, 3.05) is 24.6 Å². The summed E-state index contributed by atoms with van der Waals surface area (Å²) >= 11 is 6.00. The summed E-state index contributed by atoms with van der Waals surface area (Å²) in [6.45, 7) is 4.91. The Balaban J connectivity index is 2.75. The van der Waals surface area contributed by atoms with Crippen LogP contribution in [0.4, 0.5) is 5.82 Å². The second kappa shape index (κ2) is 6.33. The average molecular weight is 243 g/mol. The van der Waals surface area contributed by atoms with Gasteiger partial charge >= 0.3 is 5.97 Å². The number of pyridine rings is 1. The molecule has 0 spiro atoms. The normalized spacial score (nSPS) is 9.94. The summed E-state index contributed by atoms with van der Waals surface area (Å²) in [6, 6.07) is 3.50. The lowest BCUT2D eigenvalue weighted by Crippen LogP contribution is -2.31. The lowest BCUT2D eigenvalue weighted by Gasteiger charge is -2.21. The van der Waals surface area contributed by atoms with Gasteiger partial charge in [0, 0.05) is 12.7 Å². The van der Waals surface area contributed by atoms with E-state index in [1.807, 2.05) is 6.92 Å². The van der Waals surface area contributed by atoms with E-state index >= 15 is 0 Å². The van der Waals surface area contributed by atoms with Gasteiger partial charge < -0.3 is 9.64 Å². The van der Waals surface area contributed by atoms with E-state index in [4.69, 9.17) is 16.3 Å². The molecule has 0 saturated heterocycles. The summed E-state index contributed by atoms with van der Waals surface area (Å²) in [5.41, 5.74) is 0. The molecule has 0 aliphatic rings. The van der Waals surface area contributed by atoms with E-state index in [1.54, 1.807) is 30.2 Å². The van der Waals surface area contributed by atoms with Gasteiger partial charge in [-0.1, -0.05) is 11.6 Å². The Labute approximate surface area is 100 Å². The predicted molar refractivity (Wildman–Crippen MR) is 63.8 cm³/mol. The van der Waals surface area contributed by atoms with Crippen molar-refractivity contribution in [3.05, 3.63) is 23.4 Å². The molecule has 1 rings (SSSR count). The Bertz CT molecular complexity index is 358. The van der Waals surface area contributed by atoms with Crippen molar-refractivity contribution >= 4 is 23.4 Å². The van der Waals surface area contributed by atoms with Crippen LogP contribution in [0.15, 0.2) is 18.3 Å². The van der Waals surface area contributed by atoms with Crippen LogP contribution in [0.25, 0.3) is 0 Å². The van der Waals surface area contributed by atoms with Gasteiger partial charge in [-0.05, 0) is 26.0 Å². The van der Waals surface area contributed by atoms with Gasteiger partial charge in [-0.15, -0.1) is 0 Å². The first-order valence-corrected chi connectivity index (χ1v) is 5.57. The number of ether oxygens (including phenoxy) is 1. The van der Waals surface area contributed by atoms with Gasteiger partial charge in [0.15, 0.2) is 0 Å². The first-order valence-electron chi connectivity index (χ1n) is 5.20. The SMILES string of the molecule is CCOC(=O)CN(CC)c1ncccc1Cl. The second-order valence-corrected chi connectivity index (χ2v) is 3.54. The smallest absolute Gasteiger partial charge is 0.325 e. The first kappa shape index (κ1) is 12.8. The van der Waals surface area contributed by atoms with Gasteiger partial charge in [0.2, 0.25) is 0 Å². The molecule has 1 heterocycles. The molecular formula is C11H15ClN2O2. The second-order valence-electron chi connectivity index (χ2n) is 3.13. The summed E-state index contributed by atoms with van der Waals surface area (Å²) in [5, 5.41) is 0.536. The van der Waals surface area contributed by atoms with Crippen molar-refractivity contribution in [3.8, 4) is 0 Å². The Morgan fingerprint density at radius 2 is 2.31 bits per heavy atom. The van der Waals surface area contributed by atoms with Gasteiger partial charge in [0.25, 0.3) is 0 Å². The van der Waals surface area contributed by atoms with Crippen molar-refractivity contribution in [3.63, 3.8) is 0 Å². The zero-order chi connectivity index (χ0) is 12.0. The highest BCUT2D eigenvalue weighted by molar-refractivity contribution is 6.32. The van der Waals surface area contributed by atoms with E-state index in [2.05, 4.69) is 4.98 Å².